The van der Waals surface area contributed by atoms with Crippen molar-refractivity contribution in [1.82, 2.24) is 15.0 Å². The molecule has 0 saturated carbocycles. The Kier molecular flexibility index (Phi) is 4.02. The fourth-order valence-corrected chi connectivity index (χ4v) is 2.06. The van der Waals surface area contributed by atoms with Gasteiger partial charge in [-0.3, -0.25) is 0 Å². The van der Waals surface area contributed by atoms with Gasteiger partial charge in [-0.2, -0.15) is 0 Å². The van der Waals surface area contributed by atoms with Gasteiger partial charge in [-0.25, -0.2) is 9.07 Å². The van der Waals surface area contributed by atoms with Gasteiger partial charge < -0.3 is 0 Å². The normalized spacial score (nSPS) is 12.7. The molecule has 2 aromatic rings. The fraction of sp³-hybridized carbons (Fsp3) is 0.333. The number of hydrogen-bond acceptors (Lipinski definition) is 2. The Bertz CT molecular complexity index is 570. The monoisotopic (exact) mass is 331 g/mol. The quantitative estimate of drug-likeness (QED) is 0.790. The lowest BCUT2D eigenvalue weighted by Crippen LogP contribution is -1.99. The molecule has 1 aromatic carbocycles. The molecule has 1 unspecified atom stereocenters. The zero-order valence-corrected chi connectivity index (χ0v) is 12.3. The smallest absolute Gasteiger partial charge is 0.137 e. The molecule has 6 heteroatoms. The van der Waals surface area contributed by atoms with Crippen LogP contribution in [0, 0.1) is 12.7 Å². The molecule has 96 valence electrons. The highest BCUT2D eigenvalue weighted by molar-refractivity contribution is 9.10. The summed E-state index contributed by atoms with van der Waals surface area (Å²) in [6.07, 6.45) is 2.56. The molecule has 1 heterocycles. The van der Waals surface area contributed by atoms with Gasteiger partial charge in [0.1, 0.15) is 11.5 Å². The van der Waals surface area contributed by atoms with Gasteiger partial charge in [0.25, 0.3) is 0 Å². The van der Waals surface area contributed by atoms with E-state index in [1.807, 2.05) is 13.8 Å². The van der Waals surface area contributed by atoms with Crippen LogP contribution in [0.15, 0.2) is 22.8 Å². The van der Waals surface area contributed by atoms with Crippen LogP contribution in [0.5, 0.6) is 0 Å². The van der Waals surface area contributed by atoms with E-state index in [0.717, 1.165) is 23.4 Å². The van der Waals surface area contributed by atoms with Crippen LogP contribution in [0.4, 0.5) is 4.39 Å². The number of aryl methyl sites for hydroxylation is 1. The lowest BCUT2D eigenvalue weighted by molar-refractivity contribution is 0.618. The standard InChI is InChI=1S/C12H12BrClFN3/c1-3-9(14)11-6-18(17-16-11)12-5-8(13)10(15)4-7(12)2/h4-6,9H,3H2,1-2H3. The van der Waals surface area contributed by atoms with Crippen molar-refractivity contribution in [2.75, 3.05) is 0 Å². The van der Waals surface area contributed by atoms with Crippen LogP contribution < -0.4 is 0 Å². The fourth-order valence-electron chi connectivity index (χ4n) is 1.63. The van der Waals surface area contributed by atoms with Crippen LogP contribution in [0.1, 0.15) is 30.0 Å². The largest absolute Gasteiger partial charge is 0.220 e. The molecule has 0 saturated heterocycles. The lowest BCUT2D eigenvalue weighted by atomic mass is 10.2. The topological polar surface area (TPSA) is 30.7 Å². The molecule has 18 heavy (non-hydrogen) atoms. The Morgan fingerprint density at radius 2 is 2.22 bits per heavy atom. The van der Waals surface area contributed by atoms with Gasteiger partial charge in [0, 0.05) is 0 Å². The van der Waals surface area contributed by atoms with Crippen LogP contribution in [0.3, 0.4) is 0 Å². The zero-order valence-electron chi connectivity index (χ0n) is 9.99. The first kappa shape index (κ1) is 13.5. The molecule has 0 N–H and O–H groups in total. The average molecular weight is 333 g/mol. The summed E-state index contributed by atoms with van der Waals surface area (Å²) in [5.74, 6) is -0.291. The lowest BCUT2D eigenvalue weighted by Gasteiger charge is -2.06. The SMILES string of the molecule is CCC(Cl)c1cn(-c2cc(Br)c(F)cc2C)nn1. The van der Waals surface area contributed by atoms with Crippen LogP contribution >= 0.6 is 27.5 Å². The second-order valence-electron chi connectivity index (χ2n) is 4.02. The summed E-state index contributed by atoms with van der Waals surface area (Å²) in [5, 5.41) is 7.90. The summed E-state index contributed by atoms with van der Waals surface area (Å²) in [4.78, 5) is 0. The van der Waals surface area contributed by atoms with Gasteiger partial charge in [0.2, 0.25) is 0 Å². The maximum Gasteiger partial charge on any atom is 0.137 e. The molecule has 0 spiro atoms. The average Bonchev–Trinajstić information content (AvgIpc) is 2.82. The van der Waals surface area contributed by atoms with Crippen LogP contribution in [0.25, 0.3) is 5.69 Å². The number of benzene rings is 1. The number of alkyl halides is 1. The van der Waals surface area contributed by atoms with Crippen molar-refractivity contribution < 1.29 is 4.39 Å². The first-order chi connectivity index (χ1) is 8.52. The summed E-state index contributed by atoms with van der Waals surface area (Å²) in [6, 6.07) is 3.14. The van der Waals surface area contributed by atoms with Gasteiger partial charge in [-0.05, 0) is 47.0 Å². The highest BCUT2D eigenvalue weighted by atomic mass is 79.9. The molecule has 3 nitrogen and oxygen atoms in total. The number of halogens is 3. The second-order valence-corrected chi connectivity index (χ2v) is 5.40. The highest BCUT2D eigenvalue weighted by Gasteiger charge is 2.13. The maximum absolute atomic E-state index is 13.4. The van der Waals surface area contributed by atoms with E-state index >= 15 is 0 Å². The third kappa shape index (κ3) is 2.57. The molecular formula is C12H12BrClFN3. The molecule has 0 aliphatic heterocycles. The van der Waals surface area contributed by atoms with Gasteiger partial charge in [-0.1, -0.05) is 12.1 Å². The van der Waals surface area contributed by atoms with E-state index in [1.165, 1.54) is 6.07 Å². The van der Waals surface area contributed by atoms with E-state index < -0.39 is 0 Å². The molecule has 2 rings (SSSR count). The molecule has 0 aliphatic rings. The zero-order chi connectivity index (χ0) is 13.3. The molecule has 1 aromatic heterocycles. The van der Waals surface area contributed by atoms with E-state index in [-0.39, 0.29) is 11.2 Å². The summed E-state index contributed by atoms with van der Waals surface area (Å²) < 4.78 is 15.4. The van der Waals surface area contributed by atoms with Crippen LogP contribution in [-0.4, -0.2) is 15.0 Å². The first-order valence-electron chi connectivity index (χ1n) is 5.55. The Balaban J connectivity index is 2.43. The Labute approximate surface area is 118 Å². The maximum atomic E-state index is 13.4. The van der Waals surface area contributed by atoms with Crippen molar-refractivity contribution in [2.24, 2.45) is 0 Å². The molecule has 0 amide bonds. The predicted molar refractivity (Wildman–Crippen MR) is 72.6 cm³/mol. The van der Waals surface area contributed by atoms with Crippen molar-refractivity contribution in [1.29, 1.82) is 0 Å². The number of hydrogen-bond donors (Lipinski definition) is 0. The van der Waals surface area contributed by atoms with E-state index in [2.05, 4.69) is 26.2 Å². The summed E-state index contributed by atoms with van der Waals surface area (Å²) in [6.45, 7) is 3.81. The van der Waals surface area contributed by atoms with Crippen molar-refractivity contribution in [3.05, 3.63) is 39.9 Å². The van der Waals surface area contributed by atoms with E-state index in [1.54, 1.807) is 16.9 Å². The molecule has 0 fully saturated rings. The Morgan fingerprint density at radius 1 is 1.50 bits per heavy atom. The van der Waals surface area contributed by atoms with Gasteiger partial charge in [0.15, 0.2) is 0 Å². The van der Waals surface area contributed by atoms with Crippen LogP contribution in [-0.2, 0) is 0 Å². The second kappa shape index (κ2) is 5.36. The van der Waals surface area contributed by atoms with Crippen molar-refractivity contribution in [2.45, 2.75) is 25.6 Å². The molecular weight excluding hydrogens is 321 g/mol. The summed E-state index contributed by atoms with van der Waals surface area (Å²) >= 11 is 9.27. The summed E-state index contributed by atoms with van der Waals surface area (Å²) in [7, 11) is 0. The van der Waals surface area contributed by atoms with Gasteiger partial charge in [-0.15, -0.1) is 16.7 Å². The Hall–Kier alpha value is -0.940. The third-order valence-electron chi connectivity index (χ3n) is 2.68. The molecule has 0 bridgehead atoms. The Morgan fingerprint density at radius 3 is 2.89 bits per heavy atom. The van der Waals surface area contributed by atoms with E-state index in [0.29, 0.717) is 4.47 Å². The highest BCUT2D eigenvalue weighted by Crippen LogP contribution is 2.25. The van der Waals surface area contributed by atoms with Crippen LogP contribution in [0.2, 0.25) is 0 Å². The van der Waals surface area contributed by atoms with E-state index in [4.69, 9.17) is 11.6 Å². The first-order valence-corrected chi connectivity index (χ1v) is 6.78. The molecule has 0 radical (unpaired) electrons. The number of rotatable bonds is 3. The minimum absolute atomic E-state index is 0.150. The van der Waals surface area contributed by atoms with E-state index in [9.17, 15) is 4.39 Å². The predicted octanol–water partition coefficient (Wildman–Crippen LogP) is 4.17. The third-order valence-corrected chi connectivity index (χ3v) is 3.82. The summed E-state index contributed by atoms with van der Waals surface area (Å²) in [5.41, 5.74) is 2.29. The minimum atomic E-state index is -0.291. The van der Waals surface area contributed by atoms with Crippen molar-refractivity contribution in [3.8, 4) is 5.69 Å². The van der Waals surface area contributed by atoms with Crippen molar-refractivity contribution >= 4 is 27.5 Å². The number of nitrogens with zero attached hydrogens (tertiary/aromatic N) is 3. The van der Waals surface area contributed by atoms with Crippen molar-refractivity contribution in [3.63, 3.8) is 0 Å². The molecule has 1 atom stereocenters. The van der Waals surface area contributed by atoms with Gasteiger partial charge in [0.05, 0.1) is 21.7 Å². The number of aromatic nitrogens is 3. The minimum Gasteiger partial charge on any atom is -0.220 e. The molecule has 0 aliphatic carbocycles. The van der Waals surface area contributed by atoms with Gasteiger partial charge >= 0.3 is 0 Å².